The lowest BCUT2D eigenvalue weighted by Gasteiger charge is -2.64. The second-order valence-corrected chi connectivity index (χ2v) is 13.3. The average Bonchev–Trinajstić information content (AvgIpc) is 3.45. The minimum atomic E-state index is -0.931. The summed E-state index contributed by atoms with van der Waals surface area (Å²) in [4.78, 5) is 18.2. The first-order chi connectivity index (χ1) is 18.4. The first kappa shape index (κ1) is 23.3. The summed E-state index contributed by atoms with van der Waals surface area (Å²) in [5.74, 6) is 1.51. The lowest BCUT2D eigenvalue weighted by atomic mass is 9.48. The summed E-state index contributed by atoms with van der Waals surface area (Å²) in [6, 6.07) is 11.9. The number of nitrogens with zero attached hydrogens (tertiary/aromatic N) is 2. The Balaban J connectivity index is 1.17. The molecule has 1 spiro atoms. The number of piperidine rings is 1. The molecule has 3 aromatic rings. The van der Waals surface area contributed by atoms with E-state index in [4.69, 9.17) is 4.74 Å². The topological polar surface area (TPSA) is 73.2 Å². The van der Waals surface area contributed by atoms with Crippen molar-refractivity contribution < 1.29 is 19.7 Å². The zero-order valence-electron chi connectivity index (χ0n) is 21.7. The van der Waals surface area contributed by atoms with Crippen LogP contribution in [0.25, 0.3) is 10.1 Å². The van der Waals surface area contributed by atoms with E-state index in [-0.39, 0.29) is 29.8 Å². The maximum Gasteiger partial charge on any atom is 0.227 e. The molecular weight excluding hydrogens is 496 g/mol. The molecule has 1 amide bonds. The third-order valence-electron chi connectivity index (χ3n) is 10.6. The number of phenols is 1. The van der Waals surface area contributed by atoms with Gasteiger partial charge in [-0.25, -0.2) is 0 Å². The van der Waals surface area contributed by atoms with E-state index in [1.165, 1.54) is 23.1 Å². The third kappa shape index (κ3) is 2.98. The van der Waals surface area contributed by atoms with Crippen molar-refractivity contribution in [1.29, 1.82) is 0 Å². The number of amides is 1. The molecule has 38 heavy (non-hydrogen) atoms. The molecule has 2 saturated carbocycles. The zero-order valence-corrected chi connectivity index (χ0v) is 22.5. The quantitative estimate of drug-likeness (QED) is 0.516. The zero-order chi connectivity index (χ0) is 25.8. The minimum Gasteiger partial charge on any atom is -0.504 e. The molecule has 8 rings (SSSR count). The fraction of sp³-hybridized carbons (Fsp3) is 0.516. The van der Waals surface area contributed by atoms with Gasteiger partial charge in [-0.05, 0) is 91.1 Å². The first-order valence-electron chi connectivity index (χ1n) is 14.1. The summed E-state index contributed by atoms with van der Waals surface area (Å²) in [6.45, 7) is 1.98. The Morgan fingerprint density at radius 2 is 2.05 bits per heavy atom. The highest BCUT2D eigenvalue weighted by Crippen LogP contribution is 2.66. The molecule has 2 unspecified atom stereocenters. The van der Waals surface area contributed by atoms with E-state index in [9.17, 15) is 15.0 Å². The molecule has 5 aliphatic rings. The van der Waals surface area contributed by atoms with Gasteiger partial charge in [-0.15, -0.1) is 11.3 Å². The third-order valence-corrected chi connectivity index (χ3v) is 11.4. The Labute approximate surface area is 226 Å². The van der Waals surface area contributed by atoms with Gasteiger partial charge in [-0.1, -0.05) is 18.2 Å². The summed E-state index contributed by atoms with van der Waals surface area (Å²) in [6.07, 6.45) is 5.44. The van der Waals surface area contributed by atoms with Gasteiger partial charge in [0.2, 0.25) is 5.91 Å². The van der Waals surface area contributed by atoms with Gasteiger partial charge < -0.3 is 19.8 Å². The highest BCUT2D eigenvalue weighted by Gasteiger charge is 2.73. The number of likely N-dealkylation sites (N-methyl/N-ethyl adjacent to an activating group) is 1. The van der Waals surface area contributed by atoms with Crippen molar-refractivity contribution in [3.63, 3.8) is 0 Å². The van der Waals surface area contributed by atoms with Crippen molar-refractivity contribution in [2.75, 3.05) is 20.1 Å². The molecule has 3 aliphatic carbocycles. The number of aliphatic hydroxyl groups is 1. The SMILES string of the molecule is CN(C(=O)Cc1cccc2sccc12)C1CC[C@@]2(O)[C@H]3Cc4ccc(O)c5c4[C@@]2(CCN3CC2CC2)C1O5. The number of fused-ring (bicyclic) bond motifs is 1. The van der Waals surface area contributed by atoms with Crippen LogP contribution in [0.2, 0.25) is 0 Å². The number of ether oxygens (including phenoxy) is 1. The predicted molar refractivity (Wildman–Crippen MR) is 147 cm³/mol. The van der Waals surface area contributed by atoms with Crippen LogP contribution in [0.1, 0.15) is 48.8 Å². The minimum absolute atomic E-state index is 0.0455. The van der Waals surface area contributed by atoms with Gasteiger partial charge in [-0.3, -0.25) is 9.69 Å². The van der Waals surface area contributed by atoms with Crippen molar-refractivity contribution in [3.05, 3.63) is 58.5 Å². The lowest BCUT2D eigenvalue weighted by Crippen LogP contribution is -2.78. The van der Waals surface area contributed by atoms with Crippen molar-refractivity contribution in [1.82, 2.24) is 9.80 Å². The van der Waals surface area contributed by atoms with Gasteiger partial charge in [0, 0.05) is 29.9 Å². The molecule has 2 aliphatic heterocycles. The number of likely N-dealkylation sites (tertiary alicyclic amines) is 1. The number of thiophene rings is 1. The molecule has 1 aromatic heterocycles. The molecular formula is C31H34N2O4S. The van der Waals surface area contributed by atoms with Gasteiger partial charge in [0.15, 0.2) is 11.5 Å². The maximum absolute atomic E-state index is 13.8. The molecule has 3 fully saturated rings. The fourth-order valence-electron chi connectivity index (χ4n) is 8.54. The van der Waals surface area contributed by atoms with E-state index < -0.39 is 11.0 Å². The molecule has 6 nitrogen and oxygen atoms in total. The Bertz CT molecular complexity index is 1470. The van der Waals surface area contributed by atoms with E-state index in [1.807, 2.05) is 30.1 Å². The first-order valence-corrected chi connectivity index (χ1v) is 15.0. The standard InChI is InChI=1S/C31H34N2O4S/c1-32(26(35)16-19-3-2-4-24-21(19)10-14-38-24)22-9-11-31(36)25-15-20-7-8-23(34)28-27(20)30(31,29(22)37-28)12-13-33(25)17-18-5-6-18/h2-4,7-8,10,14,18,22,25,29,34,36H,5-6,9,11-13,15-17H2,1H3/t22?,25-,29?,30+,31-/m1/s1. The number of phenolic OH excluding ortho intramolecular Hbond substituents is 1. The fourth-order valence-corrected chi connectivity index (χ4v) is 9.37. The molecule has 7 heteroatoms. The smallest absolute Gasteiger partial charge is 0.227 e. The van der Waals surface area contributed by atoms with E-state index in [0.29, 0.717) is 25.0 Å². The van der Waals surface area contributed by atoms with Crippen molar-refractivity contribution in [3.8, 4) is 11.5 Å². The van der Waals surface area contributed by atoms with Crippen LogP contribution in [0.4, 0.5) is 0 Å². The number of carbonyl (C=O) groups excluding carboxylic acids is 1. The van der Waals surface area contributed by atoms with Crippen LogP contribution in [-0.2, 0) is 23.1 Å². The molecule has 5 atom stereocenters. The molecule has 2 N–H and O–H groups in total. The van der Waals surface area contributed by atoms with Crippen LogP contribution in [0.5, 0.6) is 11.5 Å². The van der Waals surface area contributed by atoms with Crippen LogP contribution in [0, 0.1) is 5.92 Å². The Morgan fingerprint density at radius 3 is 2.89 bits per heavy atom. The summed E-state index contributed by atoms with van der Waals surface area (Å²) >= 11 is 1.70. The highest BCUT2D eigenvalue weighted by atomic mass is 32.1. The average molecular weight is 531 g/mol. The van der Waals surface area contributed by atoms with Crippen LogP contribution in [0.15, 0.2) is 41.8 Å². The van der Waals surface area contributed by atoms with Crippen molar-refractivity contribution >= 4 is 27.3 Å². The maximum atomic E-state index is 13.8. The number of hydrogen-bond acceptors (Lipinski definition) is 6. The summed E-state index contributed by atoms with van der Waals surface area (Å²) in [5, 5.41) is 26.8. The summed E-state index contributed by atoms with van der Waals surface area (Å²) < 4.78 is 7.87. The monoisotopic (exact) mass is 530 g/mol. The summed E-state index contributed by atoms with van der Waals surface area (Å²) in [5.41, 5.74) is 1.71. The Kier molecular flexibility index (Phi) is 4.88. The van der Waals surface area contributed by atoms with Gasteiger partial charge in [0.1, 0.15) is 6.10 Å². The van der Waals surface area contributed by atoms with E-state index in [0.717, 1.165) is 48.4 Å². The Morgan fingerprint density at radius 1 is 1.18 bits per heavy atom. The Hall–Kier alpha value is -2.61. The number of carbonyl (C=O) groups is 1. The molecule has 198 valence electrons. The molecule has 0 radical (unpaired) electrons. The molecule has 2 bridgehead atoms. The number of benzene rings is 2. The largest absolute Gasteiger partial charge is 0.504 e. The van der Waals surface area contributed by atoms with Gasteiger partial charge in [0.25, 0.3) is 0 Å². The van der Waals surface area contributed by atoms with Crippen molar-refractivity contribution in [2.45, 2.75) is 74.1 Å². The molecule has 2 aromatic carbocycles. The van der Waals surface area contributed by atoms with Crippen LogP contribution in [-0.4, -0.2) is 69.8 Å². The van der Waals surface area contributed by atoms with Gasteiger partial charge >= 0.3 is 0 Å². The normalized spacial score (nSPS) is 33.2. The second kappa shape index (κ2) is 7.96. The number of rotatable bonds is 5. The van der Waals surface area contributed by atoms with Crippen molar-refractivity contribution in [2.24, 2.45) is 5.92 Å². The van der Waals surface area contributed by atoms with Gasteiger partial charge in [0.05, 0.1) is 23.5 Å². The number of aromatic hydroxyl groups is 1. The van der Waals surface area contributed by atoms with E-state index >= 15 is 0 Å². The number of hydrogen-bond donors (Lipinski definition) is 2. The second-order valence-electron chi connectivity index (χ2n) is 12.3. The van der Waals surface area contributed by atoms with Crippen LogP contribution in [0.3, 0.4) is 0 Å². The van der Waals surface area contributed by atoms with Gasteiger partial charge in [-0.2, -0.15) is 0 Å². The molecule has 3 heterocycles. The van der Waals surface area contributed by atoms with E-state index in [1.54, 1.807) is 17.4 Å². The predicted octanol–water partition coefficient (Wildman–Crippen LogP) is 4.24. The van der Waals surface area contributed by atoms with E-state index in [2.05, 4.69) is 22.4 Å². The lowest BCUT2D eigenvalue weighted by molar-refractivity contribution is -0.200. The highest BCUT2D eigenvalue weighted by molar-refractivity contribution is 7.17. The van der Waals surface area contributed by atoms with Crippen LogP contribution < -0.4 is 4.74 Å². The van der Waals surface area contributed by atoms with Crippen LogP contribution >= 0.6 is 11.3 Å². The summed E-state index contributed by atoms with van der Waals surface area (Å²) in [7, 11) is 1.90. The molecule has 1 saturated heterocycles.